The number of nitrogens with zero attached hydrogens (tertiary/aromatic N) is 3. The fourth-order valence-corrected chi connectivity index (χ4v) is 1.49. The lowest BCUT2D eigenvalue weighted by molar-refractivity contribution is 0.264. The molecule has 5 heteroatoms. The number of aryl methyl sites for hydroxylation is 1. The normalized spacial score (nSPS) is 13.3. The molecular weight excluding hydrogens is 192 g/mol. The predicted molar refractivity (Wildman–Crippen MR) is 56.4 cm³/mol. The van der Waals surface area contributed by atoms with Crippen molar-refractivity contribution in [2.45, 2.75) is 19.4 Å². The zero-order valence-electron chi connectivity index (χ0n) is 8.59. The van der Waals surface area contributed by atoms with E-state index in [4.69, 9.17) is 10.8 Å². The third-order valence-corrected chi connectivity index (χ3v) is 2.33. The van der Waals surface area contributed by atoms with Gasteiger partial charge >= 0.3 is 0 Å². The van der Waals surface area contributed by atoms with Crippen LogP contribution in [0.1, 0.15) is 24.5 Å². The molecule has 0 aliphatic heterocycles. The Kier molecular flexibility index (Phi) is 2.66. The summed E-state index contributed by atoms with van der Waals surface area (Å²) in [6, 6.07) is 5.18. The van der Waals surface area contributed by atoms with Crippen molar-refractivity contribution in [3.8, 4) is 0 Å². The molecule has 0 amide bonds. The van der Waals surface area contributed by atoms with E-state index in [1.165, 1.54) is 0 Å². The molecular formula is C10H14N4O. The van der Waals surface area contributed by atoms with Gasteiger partial charge in [0.2, 0.25) is 0 Å². The molecule has 2 rings (SSSR count). The first kappa shape index (κ1) is 10.1. The van der Waals surface area contributed by atoms with Crippen LogP contribution in [0.25, 0.3) is 5.65 Å². The SMILES string of the molecule is CCc1nc2cccc(C(N)CO)n2n1. The highest BCUT2D eigenvalue weighted by molar-refractivity contribution is 5.39. The summed E-state index contributed by atoms with van der Waals surface area (Å²) in [6.07, 6.45) is 0.787. The highest BCUT2D eigenvalue weighted by atomic mass is 16.3. The van der Waals surface area contributed by atoms with E-state index < -0.39 is 6.04 Å². The molecule has 0 radical (unpaired) electrons. The molecule has 0 aliphatic rings. The van der Waals surface area contributed by atoms with Crippen LogP contribution in [0.2, 0.25) is 0 Å². The van der Waals surface area contributed by atoms with Gasteiger partial charge in [-0.3, -0.25) is 0 Å². The van der Waals surface area contributed by atoms with Gasteiger partial charge in [-0.15, -0.1) is 0 Å². The Hall–Kier alpha value is -1.46. The third kappa shape index (κ3) is 1.71. The summed E-state index contributed by atoms with van der Waals surface area (Å²) in [5, 5.41) is 13.3. The second-order valence-electron chi connectivity index (χ2n) is 3.39. The molecule has 0 saturated carbocycles. The van der Waals surface area contributed by atoms with E-state index in [0.717, 1.165) is 23.6 Å². The molecule has 2 aromatic heterocycles. The van der Waals surface area contributed by atoms with Crippen molar-refractivity contribution in [2.75, 3.05) is 6.61 Å². The van der Waals surface area contributed by atoms with Crippen molar-refractivity contribution in [2.24, 2.45) is 5.73 Å². The number of nitrogens with two attached hydrogens (primary N) is 1. The summed E-state index contributed by atoms with van der Waals surface area (Å²) in [4.78, 5) is 4.32. The van der Waals surface area contributed by atoms with Gasteiger partial charge in [-0.05, 0) is 12.1 Å². The molecule has 0 aliphatic carbocycles. The van der Waals surface area contributed by atoms with Crippen LogP contribution in [0, 0.1) is 0 Å². The van der Waals surface area contributed by atoms with Crippen molar-refractivity contribution in [3.05, 3.63) is 29.7 Å². The molecule has 15 heavy (non-hydrogen) atoms. The number of fused-ring (bicyclic) bond motifs is 1. The molecule has 0 bridgehead atoms. The van der Waals surface area contributed by atoms with Gasteiger partial charge in [0.05, 0.1) is 18.3 Å². The third-order valence-electron chi connectivity index (χ3n) is 2.33. The molecule has 1 unspecified atom stereocenters. The maximum Gasteiger partial charge on any atom is 0.155 e. The van der Waals surface area contributed by atoms with Gasteiger partial charge in [0.15, 0.2) is 11.5 Å². The van der Waals surface area contributed by atoms with E-state index in [9.17, 15) is 0 Å². The van der Waals surface area contributed by atoms with Crippen LogP contribution in [-0.4, -0.2) is 26.3 Å². The van der Waals surface area contributed by atoms with E-state index in [0.29, 0.717) is 0 Å². The Balaban J connectivity index is 2.59. The highest BCUT2D eigenvalue weighted by Gasteiger charge is 2.11. The largest absolute Gasteiger partial charge is 0.394 e. The second kappa shape index (κ2) is 3.96. The summed E-state index contributed by atoms with van der Waals surface area (Å²) in [6.45, 7) is 1.90. The van der Waals surface area contributed by atoms with E-state index in [1.807, 2.05) is 25.1 Å². The molecule has 3 N–H and O–H groups in total. The van der Waals surface area contributed by atoms with E-state index >= 15 is 0 Å². The van der Waals surface area contributed by atoms with E-state index in [2.05, 4.69) is 10.1 Å². The number of aliphatic hydroxyl groups excluding tert-OH is 1. The maximum atomic E-state index is 9.03. The summed E-state index contributed by atoms with van der Waals surface area (Å²) < 4.78 is 1.69. The summed E-state index contributed by atoms with van der Waals surface area (Å²) in [5.41, 5.74) is 7.32. The van der Waals surface area contributed by atoms with Crippen LogP contribution >= 0.6 is 0 Å². The Labute approximate surface area is 87.6 Å². The van der Waals surface area contributed by atoms with Crippen molar-refractivity contribution < 1.29 is 5.11 Å². The lowest BCUT2D eigenvalue weighted by Crippen LogP contribution is -2.18. The summed E-state index contributed by atoms with van der Waals surface area (Å²) in [7, 11) is 0. The van der Waals surface area contributed by atoms with Gasteiger partial charge in [0, 0.05) is 6.42 Å². The van der Waals surface area contributed by atoms with Gasteiger partial charge < -0.3 is 10.8 Å². The molecule has 1 atom stereocenters. The van der Waals surface area contributed by atoms with Crippen molar-refractivity contribution in [1.29, 1.82) is 0 Å². The Morgan fingerprint density at radius 1 is 1.53 bits per heavy atom. The van der Waals surface area contributed by atoms with Crippen LogP contribution in [0.15, 0.2) is 18.2 Å². The first-order valence-electron chi connectivity index (χ1n) is 4.97. The number of hydrogen-bond donors (Lipinski definition) is 2. The average Bonchev–Trinajstić information content (AvgIpc) is 2.70. The first-order valence-corrected chi connectivity index (χ1v) is 4.97. The molecule has 5 nitrogen and oxygen atoms in total. The molecule has 80 valence electrons. The zero-order chi connectivity index (χ0) is 10.8. The minimum atomic E-state index is -0.417. The minimum Gasteiger partial charge on any atom is -0.394 e. The van der Waals surface area contributed by atoms with E-state index in [-0.39, 0.29) is 6.61 Å². The predicted octanol–water partition coefficient (Wildman–Crippen LogP) is 0.284. The van der Waals surface area contributed by atoms with Gasteiger partial charge in [-0.2, -0.15) is 5.10 Å². The van der Waals surface area contributed by atoms with Crippen molar-refractivity contribution >= 4 is 5.65 Å². The number of aliphatic hydroxyl groups is 1. The molecule has 2 heterocycles. The van der Waals surface area contributed by atoms with Gasteiger partial charge in [-0.25, -0.2) is 9.50 Å². The minimum absolute atomic E-state index is 0.0968. The molecule has 0 fully saturated rings. The van der Waals surface area contributed by atoms with Crippen LogP contribution < -0.4 is 5.73 Å². The molecule has 0 aromatic carbocycles. The summed E-state index contributed by atoms with van der Waals surface area (Å²) in [5.74, 6) is 0.785. The Morgan fingerprint density at radius 2 is 2.33 bits per heavy atom. The zero-order valence-corrected chi connectivity index (χ0v) is 8.59. The number of hydrogen-bond acceptors (Lipinski definition) is 4. The molecule has 2 aromatic rings. The van der Waals surface area contributed by atoms with Crippen LogP contribution in [0.5, 0.6) is 0 Å². The van der Waals surface area contributed by atoms with E-state index in [1.54, 1.807) is 4.52 Å². The second-order valence-corrected chi connectivity index (χ2v) is 3.39. The monoisotopic (exact) mass is 206 g/mol. The van der Waals surface area contributed by atoms with Gasteiger partial charge in [-0.1, -0.05) is 13.0 Å². The van der Waals surface area contributed by atoms with Crippen LogP contribution in [0.3, 0.4) is 0 Å². The topological polar surface area (TPSA) is 76.4 Å². The quantitative estimate of drug-likeness (QED) is 0.756. The smallest absolute Gasteiger partial charge is 0.155 e. The van der Waals surface area contributed by atoms with Crippen molar-refractivity contribution in [3.63, 3.8) is 0 Å². The van der Waals surface area contributed by atoms with Crippen molar-refractivity contribution in [1.82, 2.24) is 14.6 Å². The number of aromatic nitrogens is 3. The average molecular weight is 206 g/mol. The molecule has 0 spiro atoms. The Morgan fingerprint density at radius 3 is 3.00 bits per heavy atom. The summed E-state index contributed by atoms with van der Waals surface area (Å²) >= 11 is 0. The number of pyridine rings is 1. The maximum absolute atomic E-state index is 9.03. The van der Waals surface area contributed by atoms with Gasteiger partial charge in [0.25, 0.3) is 0 Å². The van der Waals surface area contributed by atoms with Crippen LogP contribution in [0.4, 0.5) is 0 Å². The highest BCUT2D eigenvalue weighted by Crippen LogP contribution is 2.12. The fraction of sp³-hybridized carbons (Fsp3) is 0.400. The fourth-order valence-electron chi connectivity index (χ4n) is 1.49. The first-order chi connectivity index (χ1) is 7.26. The molecule has 0 saturated heterocycles. The lowest BCUT2D eigenvalue weighted by atomic mass is 10.2. The lowest BCUT2D eigenvalue weighted by Gasteiger charge is -2.09. The standard InChI is InChI=1S/C10H14N4O/c1-2-9-12-10-5-3-4-8(7(11)6-15)14(10)13-9/h3-5,7,15H,2,6,11H2,1H3. The Bertz CT molecular complexity index is 465. The van der Waals surface area contributed by atoms with Gasteiger partial charge in [0.1, 0.15) is 0 Å². The van der Waals surface area contributed by atoms with Crippen LogP contribution in [-0.2, 0) is 6.42 Å². The number of rotatable bonds is 3.